The Morgan fingerprint density at radius 3 is 2.94 bits per heavy atom. The Morgan fingerprint density at radius 2 is 2.31 bits per heavy atom. The maximum atomic E-state index is 11.3. The van der Waals surface area contributed by atoms with E-state index in [4.69, 9.17) is 4.74 Å². The van der Waals surface area contributed by atoms with E-state index in [1.165, 1.54) is 11.8 Å². The smallest absolute Gasteiger partial charge is 0.230 e. The van der Waals surface area contributed by atoms with Crippen LogP contribution in [0.2, 0.25) is 0 Å². The number of hydrogen-bond donors (Lipinski definition) is 1. The van der Waals surface area contributed by atoms with Crippen molar-refractivity contribution in [1.29, 1.82) is 0 Å². The van der Waals surface area contributed by atoms with Crippen molar-refractivity contribution in [2.45, 2.75) is 11.8 Å². The van der Waals surface area contributed by atoms with Crippen LogP contribution in [0.5, 0.6) is 5.75 Å². The van der Waals surface area contributed by atoms with Crippen LogP contribution in [0, 0.1) is 0 Å². The fourth-order valence-electron chi connectivity index (χ4n) is 1.15. The average Bonchev–Trinajstić information content (AvgIpc) is 2.27. The van der Waals surface area contributed by atoms with Gasteiger partial charge in [-0.2, -0.15) is 0 Å². The molecular weight excluding hydrogens is 290 g/mol. The summed E-state index contributed by atoms with van der Waals surface area (Å²) in [5, 5.41) is 2.76. The molecule has 0 aliphatic carbocycles. The van der Waals surface area contributed by atoms with E-state index in [2.05, 4.69) is 21.2 Å². The topological polar surface area (TPSA) is 38.3 Å². The molecule has 88 valence electrons. The fraction of sp³-hybridized carbons (Fsp3) is 0.364. The molecule has 0 unspecified atom stereocenters. The highest BCUT2D eigenvalue weighted by atomic mass is 79.9. The molecule has 1 rings (SSSR count). The number of halogens is 1. The van der Waals surface area contributed by atoms with Gasteiger partial charge in [0.25, 0.3) is 0 Å². The summed E-state index contributed by atoms with van der Waals surface area (Å²) < 4.78 is 6.20. The van der Waals surface area contributed by atoms with Gasteiger partial charge < -0.3 is 10.1 Å². The number of amides is 1. The number of thioether (sulfide) groups is 1. The lowest BCUT2D eigenvalue weighted by molar-refractivity contribution is -0.118. The summed E-state index contributed by atoms with van der Waals surface area (Å²) in [4.78, 5) is 12.3. The predicted octanol–water partition coefficient (Wildman–Crippen LogP) is 2.69. The molecule has 0 spiro atoms. The molecule has 1 N–H and O–H groups in total. The normalized spacial score (nSPS) is 9.94. The van der Waals surface area contributed by atoms with Gasteiger partial charge >= 0.3 is 0 Å². The van der Waals surface area contributed by atoms with Crippen LogP contribution in [-0.4, -0.2) is 25.3 Å². The van der Waals surface area contributed by atoms with Crippen LogP contribution in [0.3, 0.4) is 0 Å². The maximum Gasteiger partial charge on any atom is 0.230 e. The first-order chi connectivity index (χ1) is 7.67. The first-order valence-corrected chi connectivity index (χ1v) is 6.68. The third-order valence-corrected chi connectivity index (χ3v) is 3.39. The zero-order valence-electron chi connectivity index (χ0n) is 9.25. The molecule has 16 heavy (non-hydrogen) atoms. The van der Waals surface area contributed by atoms with Gasteiger partial charge in [0, 0.05) is 11.0 Å². The number of carbonyl (C=O) groups excluding carboxylic acids is 1. The Kier molecular flexibility index (Phi) is 5.69. The molecule has 0 bridgehead atoms. The van der Waals surface area contributed by atoms with Crippen LogP contribution in [0.25, 0.3) is 0 Å². The Morgan fingerprint density at radius 1 is 1.56 bits per heavy atom. The molecule has 0 aromatic heterocycles. The van der Waals surface area contributed by atoms with Gasteiger partial charge in [-0.15, -0.1) is 11.8 Å². The summed E-state index contributed by atoms with van der Waals surface area (Å²) in [7, 11) is 1.62. The molecule has 1 amide bonds. The number of hydrogen-bond acceptors (Lipinski definition) is 3. The first kappa shape index (κ1) is 13.4. The first-order valence-electron chi connectivity index (χ1n) is 4.90. The summed E-state index contributed by atoms with van der Waals surface area (Å²) in [6, 6.07) is 5.74. The molecule has 5 heteroatoms. The second-order valence-corrected chi connectivity index (χ2v) is 4.97. The molecule has 3 nitrogen and oxygen atoms in total. The van der Waals surface area contributed by atoms with Crippen LogP contribution in [-0.2, 0) is 4.79 Å². The van der Waals surface area contributed by atoms with Crippen LogP contribution in [0.1, 0.15) is 6.92 Å². The quantitative estimate of drug-likeness (QED) is 0.850. The SMILES string of the molecule is CCNC(=O)CSc1cc(Br)ccc1OC. The molecule has 0 saturated heterocycles. The van der Waals surface area contributed by atoms with Crippen molar-refractivity contribution in [3.8, 4) is 5.75 Å². The third-order valence-electron chi connectivity index (χ3n) is 1.86. The van der Waals surface area contributed by atoms with Crippen molar-refractivity contribution in [2.24, 2.45) is 0 Å². The molecule has 0 saturated carbocycles. The number of carbonyl (C=O) groups is 1. The van der Waals surface area contributed by atoms with Crippen molar-refractivity contribution in [3.63, 3.8) is 0 Å². The fourth-order valence-corrected chi connectivity index (χ4v) is 2.56. The number of benzene rings is 1. The summed E-state index contributed by atoms with van der Waals surface area (Å²) in [5.74, 6) is 1.23. The van der Waals surface area contributed by atoms with Gasteiger partial charge in [0.15, 0.2) is 0 Å². The zero-order chi connectivity index (χ0) is 12.0. The van der Waals surface area contributed by atoms with Gasteiger partial charge in [-0.1, -0.05) is 15.9 Å². The van der Waals surface area contributed by atoms with Crippen LogP contribution < -0.4 is 10.1 Å². The summed E-state index contributed by atoms with van der Waals surface area (Å²) >= 11 is 4.86. The van der Waals surface area contributed by atoms with Crippen molar-refractivity contribution in [2.75, 3.05) is 19.4 Å². The number of methoxy groups -OCH3 is 1. The van der Waals surface area contributed by atoms with Gasteiger partial charge in [-0.25, -0.2) is 0 Å². The lowest BCUT2D eigenvalue weighted by Gasteiger charge is -2.08. The molecule has 0 heterocycles. The van der Waals surface area contributed by atoms with E-state index in [1.54, 1.807) is 7.11 Å². The van der Waals surface area contributed by atoms with Crippen molar-refractivity contribution in [3.05, 3.63) is 22.7 Å². The highest BCUT2D eigenvalue weighted by Crippen LogP contribution is 2.31. The number of nitrogens with one attached hydrogen (secondary N) is 1. The van der Waals surface area contributed by atoms with Crippen LogP contribution in [0.4, 0.5) is 0 Å². The average molecular weight is 304 g/mol. The third kappa shape index (κ3) is 4.06. The molecule has 0 atom stereocenters. The second-order valence-electron chi connectivity index (χ2n) is 3.04. The highest BCUT2D eigenvalue weighted by Gasteiger charge is 2.07. The van der Waals surface area contributed by atoms with Gasteiger partial charge in [0.05, 0.1) is 17.8 Å². The highest BCUT2D eigenvalue weighted by molar-refractivity contribution is 9.10. The predicted molar refractivity (Wildman–Crippen MR) is 70.1 cm³/mol. The van der Waals surface area contributed by atoms with E-state index in [9.17, 15) is 4.79 Å². The molecule has 0 fully saturated rings. The molecule has 1 aromatic carbocycles. The van der Waals surface area contributed by atoms with Crippen molar-refractivity contribution in [1.82, 2.24) is 5.32 Å². The van der Waals surface area contributed by atoms with E-state index in [-0.39, 0.29) is 5.91 Å². The van der Waals surface area contributed by atoms with Crippen LogP contribution in [0.15, 0.2) is 27.6 Å². The minimum Gasteiger partial charge on any atom is -0.496 e. The van der Waals surface area contributed by atoms with Crippen molar-refractivity contribution >= 4 is 33.6 Å². The second kappa shape index (κ2) is 6.81. The monoisotopic (exact) mass is 303 g/mol. The molecule has 0 aliphatic heterocycles. The maximum absolute atomic E-state index is 11.3. The lowest BCUT2D eigenvalue weighted by Crippen LogP contribution is -2.24. The van der Waals surface area contributed by atoms with Gasteiger partial charge in [-0.05, 0) is 25.1 Å². The summed E-state index contributed by atoms with van der Waals surface area (Å²) in [6.07, 6.45) is 0. The molecule has 1 aromatic rings. The zero-order valence-corrected chi connectivity index (χ0v) is 11.7. The standard InChI is InChI=1S/C11H14BrNO2S/c1-3-13-11(14)7-16-10-6-8(12)4-5-9(10)15-2/h4-6H,3,7H2,1-2H3,(H,13,14). The van der Waals surface area contributed by atoms with E-state index in [0.29, 0.717) is 12.3 Å². The van der Waals surface area contributed by atoms with E-state index < -0.39 is 0 Å². The summed E-state index contributed by atoms with van der Waals surface area (Å²) in [6.45, 7) is 2.57. The number of ether oxygens (including phenoxy) is 1. The van der Waals surface area contributed by atoms with Gasteiger partial charge in [-0.3, -0.25) is 4.79 Å². The minimum atomic E-state index is 0.0366. The molecule has 0 radical (unpaired) electrons. The number of rotatable bonds is 5. The van der Waals surface area contributed by atoms with E-state index >= 15 is 0 Å². The molecule has 0 aliphatic rings. The Bertz CT molecular complexity index is 371. The van der Waals surface area contributed by atoms with Crippen LogP contribution >= 0.6 is 27.7 Å². The van der Waals surface area contributed by atoms with Gasteiger partial charge in [0.1, 0.15) is 5.75 Å². The van der Waals surface area contributed by atoms with Crippen molar-refractivity contribution < 1.29 is 9.53 Å². The van der Waals surface area contributed by atoms with E-state index in [1.807, 2.05) is 25.1 Å². The minimum absolute atomic E-state index is 0.0366. The summed E-state index contributed by atoms with van der Waals surface area (Å²) in [5.41, 5.74) is 0. The van der Waals surface area contributed by atoms with Gasteiger partial charge in [0.2, 0.25) is 5.91 Å². The Labute approximate surface area is 108 Å². The largest absolute Gasteiger partial charge is 0.496 e. The Balaban J connectivity index is 2.65. The molecular formula is C11H14BrNO2S. The van der Waals surface area contributed by atoms with E-state index in [0.717, 1.165) is 15.1 Å². The Hall–Kier alpha value is -0.680. The lowest BCUT2D eigenvalue weighted by atomic mass is 10.3.